The van der Waals surface area contributed by atoms with E-state index in [9.17, 15) is 5.11 Å². The summed E-state index contributed by atoms with van der Waals surface area (Å²) in [5.41, 5.74) is 1.06. The molecule has 0 radical (unpaired) electrons. The summed E-state index contributed by atoms with van der Waals surface area (Å²) in [6.45, 7) is 1.97. The lowest BCUT2D eigenvalue weighted by Crippen LogP contribution is -1.71. The topological polar surface area (TPSA) is 44.0 Å². The van der Waals surface area contributed by atoms with Crippen LogP contribution in [0.5, 0.6) is 5.75 Å². The molecule has 1 aromatic heterocycles. The molecule has 2 nitrogen and oxygen atoms in total. The number of phenols is 1. The number of nitrogens with zero attached hydrogens (tertiary/aromatic N) is 1. The molecule has 0 aliphatic rings. The molecule has 14 heavy (non-hydrogen) atoms. The van der Waals surface area contributed by atoms with Gasteiger partial charge in [-0.1, -0.05) is 0 Å². The number of phenolic OH excluding ortho intramolecular Hbond substituents is 1. The van der Waals surface area contributed by atoms with Gasteiger partial charge in [0.25, 0.3) is 0 Å². The summed E-state index contributed by atoms with van der Waals surface area (Å²) in [5, 5.41) is 19.0. The number of nitriles is 1. The van der Waals surface area contributed by atoms with E-state index in [4.69, 9.17) is 5.26 Å². The van der Waals surface area contributed by atoms with Crippen LogP contribution in [0.2, 0.25) is 0 Å². The fraction of sp³-hybridized carbons (Fsp3) is 0.182. The molecular formula is C11H9NOS. The number of fused-ring (bicyclic) bond motifs is 1. The highest BCUT2D eigenvalue weighted by Gasteiger charge is 2.05. The van der Waals surface area contributed by atoms with Crippen LogP contribution in [0.25, 0.3) is 10.1 Å². The van der Waals surface area contributed by atoms with Gasteiger partial charge in [-0.2, -0.15) is 5.26 Å². The zero-order valence-corrected chi connectivity index (χ0v) is 8.56. The first kappa shape index (κ1) is 9.04. The molecule has 1 aromatic carbocycles. The van der Waals surface area contributed by atoms with E-state index < -0.39 is 0 Å². The lowest BCUT2D eigenvalue weighted by molar-refractivity contribution is 0.476. The molecule has 0 bridgehead atoms. The zero-order chi connectivity index (χ0) is 10.1. The van der Waals surface area contributed by atoms with E-state index in [0.717, 1.165) is 20.5 Å². The summed E-state index contributed by atoms with van der Waals surface area (Å²) in [5.74, 6) is 0.288. The fourth-order valence-corrected chi connectivity index (χ4v) is 2.57. The Hall–Kier alpha value is -1.53. The van der Waals surface area contributed by atoms with Crippen molar-refractivity contribution in [1.29, 1.82) is 5.26 Å². The second-order valence-electron chi connectivity index (χ2n) is 3.23. The van der Waals surface area contributed by atoms with Crippen molar-refractivity contribution < 1.29 is 5.11 Å². The van der Waals surface area contributed by atoms with Gasteiger partial charge >= 0.3 is 0 Å². The van der Waals surface area contributed by atoms with Crippen molar-refractivity contribution in [2.24, 2.45) is 0 Å². The number of benzene rings is 1. The molecule has 2 rings (SSSR count). The van der Waals surface area contributed by atoms with Gasteiger partial charge in [0.15, 0.2) is 0 Å². The van der Waals surface area contributed by atoms with E-state index in [1.54, 1.807) is 23.5 Å². The molecule has 0 aliphatic carbocycles. The predicted molar refractivity (Wildman–Crippen MR) is 57.5 cm³/mol. The third kappa shape index (κ3) is 1.45. The summed E-state index contributed by atoms with van der Waals surface area (Å²) in [6, 6.07) is 7.58. The van der Waals surface area contributed by atoms with Gasteiger partial charge in [-0.15, -0.1) is 11.3 Å². The van der Waals surface area contributed by atoms with Crippen molar-refractivity contribution in [3.05, 3.63) is 28.6 Å². The molecule has 0 saturated carbocycles. The number of rotatable bonds is 1. The van der Waals surface area contributed by atoms with E-state index in [1.807, 2.05) is 13.0 Å². The quantitative estimate of drug-likeness (QED) is 0.774. The van der Waals surface area contributed by atoms with E-state index in [2.05, 4.69) is 6.07 Å². The molecule has 0 fully saturated rings. The smallest absolute Gasteiger partial charge is 0.116 e. The first-order valence-corrected chi connectivity index (χ1v) is 5.11. The molecule has 0 atom stereocenters. The summed E-state index contributed by atoms with van der Waals surface area (Å²) in [4.78, 5) is 1.05. The Labute approximate surface area is 86.0 Å². The highest BCUT2D eigenvalue weighted by atomic mass is 32.1. The van der Waals surface area contributed by atoms with Crippen molar-refractivity contribution in [1.82, 2.24) is 0 Å². The summed E-state index contributed by atoms with van der Waals surface area (Å²) in [7, 11) is 0. The number of aryl methyl sites for hydroxylation is 1. The molecule has 0 amide bonds. The van der Waals surface area contributed by atoms with Crippen LogP contribution in [0.3, 0.4) is 0 Å². The van der Waals surface area contributed by atoms with Crippen LogP contribution < -0.4 is 0 Å². The van der Waals surface area contributed by atoms with E-state index in [-0.39, 0.29) is 5.75 Å². The standard InChI is InChI=1S/C11H9NOS/c1-7-4-9(13)5-8-6-10(2-3-12)14-11(7)8/h4-6,13H,2H2,1H3. The van der Waals surface area contributed by atoms with Crippen LogP contribution in [0.4, 0.5) is 0 Å². The van der Waals surface area contributed by atoms with Gasteiger partial charge in [0.05, 0.1) is 12.5 Å². The molecular weight excluding hydrogens is 194 g/mol. The molecule has 3 heteroatoms. The van der Waals surface area contributed by atoms with Gasteiger partial charge in [-0.3, -0.25) is 0 Å². The first-order chi connectivity index (χ1) is 6.70. The lowest BCUT2D eigenvalue weighted by atomic mass is 10.1. The van der Waals surface area contributed by atoms with Crippen molar-refractivity contribution in [2.75, 3.05) is 0 Å². The van der Waals surface area contributed by atoms with Crippen molar-refractivity contribution in [3.63, 3.8) is 0 Å². The zero-order valence-electron chi connectivity index (χ0n) is 7.74. The summed E-state index contributed by atoms with van der Waals surface area (Å²) < 4.78 is 1.16. The van der Waals surface area contributed by atoms with Crippen LogP contribution >= 0.6 is 11.3 Å². The molecule has 0 spiro atoms. The highest BCUT2D eigenvalue weighted by Crippen LogP contribution is 2.31. The van der Waals surface area contributed by atoms with Crippen molar-refractivity contribution in [2.45, 2.75) is 13.3 Å². The minimum absolute atomic E-state index is 0.288. The van der Waals surface area contributed by atoms with Crippen LogP contribution in [0.1, 0.15) is 10.4 Å². The Morgan fingerprint density at radius 2 is 2.21 bits per heavy atom. The summed E-state index contributed by atoms with van der Waals surface area (Å²) >= 11 is 1.62. The maximum Gasteiger partial charge on any atom is 0.116 e. The molecule has 0 aliphatic heterocycles. The SMILES string of the molecule is Cc1cc(O)cc2cc(CC#N)sc12. The van der Waals surface area contributed by atoms with Gasteiger partial charge in [0.2, 0.25) is 0 Å². The van der Waals surface area contributed by atoms with Gasteiger partial charge in [0.1, 0.15) is 5.75 Å². The second kappa shape index (κ2) is 3.32. The fourth-order valence-electron chi connectivity index (χ4n) is 1.53. The second-order valence-corrected chi connectivity index (χ2v) is 4.37. The third-order valence-electron chi connectivity index (χ3n) is 2.09. The van der Waals surface area contributed by atoms with Gasteiger partial charge in [-0.05, 0) is 36.1 Å². The Bertz CT molecular complexity index is 522. The molecule has 1 heterocycles. The predicted octanol–water partition coefficient (Wildman–Crippen LogP) is 2.98. The monoisotopic (exact) mass is 203 g/mol. The van der Waals surface area contributed by atoms with Crippen LogP contribution in [-0.2, 0) is 6.42 Å². The Kier molecular flexibility index (Phi) is 2.14. The number of hydrogen-bond donors (Lipinski definition) is 1. The van der Waals surface area contributed by atoms with E-state index >= 15 is 0 Å². The van der Waals surface area contributed by atoms with E-state index in [0.29, 0.717) is 6.42 Å². The normalized spacial score (nSPS) is 10.3. The van der Waals surface area contributed by atoms with Crippen LogP contribution in [0.15, 0.2) is 18.2 Å². The highest BCUT2D eigenvalue weighted by molar-refractivity contribution is 7.19. The average Bonchev–Trinajstić information content (AvgIpc) is 2.48. The molecule has 70 valence electrons. The molecule has 0 saturated heterocycles. The number of thiophene rings is 1. The molecule has 0 unspecified atom stereocenters. The Balaban J connectivity index is 2.66. The van der Waals surface area contributed by atoms with Crippen LogP contribution in [-0.4, -0.2) is 5.11 Å². The van der Waals surface area contributed by atoms with Gasteiger partial charge in [0, 0.05) is 9.58 Å². The van der Waals surface area contributed by atoms with E-state index in [1.165, 1.54) is 0 Å². The molecule has 2 aromatic rings. The minimum Gasteiger partial charge on any atom is -0.508 e. The number of hydrogen-bond acceptors (Lipinski definition) is 3. The van der Waals surface area contributed by atoms with Crippen LogP contribution in [0, 0.1) is 18.3 Å². The van der Waals surface area contributed by atoms with Crippen molar-refractivity contribution >= 4 is 21.4 Å². The third-order valence-corrected chi connectivity index (χ3v) is 3.38. The summed E-state index contributed by atoms with van der Waals surface area (Å²) in [6.07, 6.45) is 0.444. The Morgan fingerprint density at radius 3 is 2.93 bits per heavy atom. The lowest BCUT2D eigenvalue weighted by Gasteiger charge is -1.96. The maximum atomic E-state index is 9.39. The largest absolute Gasteiger partial charge is 0.508 e. The minimum atomic E-state index is 0.288. The molecule has 1 N–H and O–H groups in total. The van der Waals surface area contributed by atoms with Gasteiger partial charge < -0.3 is 5.11 Å². The number of aromatic hydroxyl groups is 1. The first-order valence-electron chi connectivity index (χ1n) is 4.29. The average molecular weight is 203 g/mol. The maximum absolute atomic E-state index is 9.39. The Morgan fingerprint density at radius 1 is 1.43 bits per heavy atom. The van der Waals surface area contributed by atoms with Crippen molar-refractivity contribution in [3.8, 4) is 11.8 Å². The van der Waals surface area contributed by atoms with Gasteiger partial charge in [-0.25, -0.2) is 0 Å².